The molecule has 0 aliphatic heterocycles. The molecule has 0 saturated heterocycles. The number of aliphatic hydroxyl groups excluding tert-OH is 1. The number of allylic oxidation sites excluding steroid dienone is 3. The Labute approximate surface area is 179 Å². The number of hydrogen-bond acceptors (Lipinski definition) is 6. The van der Waals surface area contributed by atoms with Crippen LogP contribution >= 0.6 is 12.3 Å². The van der Waals surface area contributed by atoms with Gasteiger partial charge < -0.3 is 19.9 Å². The minimum Gasteiger partial charge on any atom is -0.496 e. The van der Waals surface area contributed by atoms with Crippen molar-refractivity contribution in [1.82, 2.24) is 8.96 Å². The maximum Gasteiger partial charge on any atom is 0.228 e. The number of hydrogen-bond donors (Lipinski definition) is 2. The van der Waals surface area contributed by atoms with Crippen LogP contribution in [0.1, 0.15) is 25.3 Å². The number of rotatable bonds is 8. The Bertz CT molecular complexity index is 980. The molecule has 0 radical (unpaired) electrons. The smallest absolute Gasteiger partial charge is 0.228 e. The molecule has 1 aliphatic carbocycles. The first kappa shape index (κ1) is 23.5. The van der Waals surface area contributed by atoms with E-state index in [-0.39, 0.29) is 24.2 Å². The maximum absolute atomic E-state index is 13.6. The summed E-state index contributed by atoms with van der Waals surface area (Å²) in [5, 5.41) is 10.5. The highest BCUT2D eigenvalue weighted by atomic mass is 32.2. The summed E-state index contributed by atoms with van der Waals surface area (Å²) in [5.41, 5.74) is 1.70. The lowest BCUT2D eigenvalue weighted by molar-refractivity contribution is -0.117. The monoisotopic (exact) mass is 435 g/mol. The topological polar surface area (TPSA) is 85.6 Å². The van der Waals surface area contributed by atoms with E-state index in [2.05, 4.69) is 16.9 Å². The highest BCUT2D eigenvalue weighted by Gasteiger charge is 2.30. The van der Waals surface area contributed by atoms with Gasteiger partial charge in [-0.15, -0.1) is 3.89 Å². The van der Waals surface area contributed by atoms with Crippen molar-refractivity contribution in [3.05, 3.63) is 54.1 Å². The Morgan fingerprint density at radius 2 is 2.07 bits per heavy atom. The fraction of sp³-hybridized carbons (Fsp3) is 0.333. The summed E-state index contributed by atoms with van der Waals surface area (Å²) in [5.74, 6) is 1.45. The average molecular weight is 436 g/mol. The third kappa shape index (κ3) is 4.85. The zero-order chi connectivity index (χ0) is 22.3. The second-order valence-electron chi connectivity index (χ2n) is 6.27. The summed E-state index contributed by atoms with van der Waals surface area (Å²) >= 11 is 0.0285. The number of pyridine rings is 1. The van der Waals surface area contributed by atoms with E-state index in [4.69, 9.17) is 14.6 Å². The fourth-order valence-electron chi connectivity index (χ4n) is 3.01. The first-order valence-corrected chi connectivity index (χ1v) is 9.93. The van der Waals surface area contributed by atoms with Crippen LogP contribution in [-0.4, -0.2) is 41.3 Å². The lowest BCUT2D eigenvalue weighted by Crippen LogP contribution is -2.14. The molecule has 2 aromatic heterocycles. The lowest BCUT2D eigenvalue weighted by Gasteiger charge is -2.14. The Hall–Kier alpha value is -2.78. The number of aromatic nitrogens is 2. The van der Waals surface area contributed by atoms with Gasteiger partial charge in [-0.25, -0.2) is 8.96 Å². The molecule has 9 heteroatoms. The van der Waals surface area contributed by atoms with E-state index in [0.717, 1.165) is 20.0 Å². The molecule has 2 N–H and O–H groups in total. The largest absolute Gasteiger partial charge is 0.496 e. The molecule has 1 saturated carbocycles. The summed E-state index contributed by atoms with van der Waals surface area (Å²) in [6.07, 6.45) is 6.78. The van der Waals surface area contributed by atoms with Gasteiger partial charge in [0.05, 0.1) is 19.8 Å². The molecule has 2 aromatic rings. The fourth-order valence-corrected chi connectivity index (χ4v) is 3.36. The van der Waals surface area contributed by atoms with Crippen LogP contribution in [-0.2, 0) is 14.3 Å². The van der Waals surface area contributed by atoms with Crippen LogP contribution < -0.4 is 5.32 Å². The number of amides is 1. The van der Waals surface area contributed by atoms with Gasteiger partial charge in [-0.1, -0.05) is 6.58 Å². The summed E-state index contributed by atoms with van der Waals surface area (Å²) < 4.78 is 25.9. The molecule has 2 heterocycles. The predicted molar refractivity (Wildman–Crippen MR) is 118 cm³/mol. The molecule has 3 rings (SSSR count). The lowest BCUT2D eigenvalue weighted by atomic mass is 10.0. The van der Waals surface area contributed by atoms with E-state index in [0.29, 0.717) is 39.5 Å². The number of ether oxygens (including phenoxy) is 2. The zero-order valence-electron chi connectivity index (χ0n) is 17.4. The maximum atomic E-state index is 13.6. The number of carbonyl (C=O) groups is 1. The van der Waals surface area contributed by atoms with Crippen molar-refractivity contribution in [2.24, 2.45) is 5.92 Å². The van der Waals surface area contributed by atoms with Gasteiger partial charge in [0.2, 0.25) is 5.91 Å². The second kappa shape index (κ2) is 10.8. The van der Waals surface area contributed by atoms with E-state index >= 15 is 0 Å². The Morgan fingerprint density at radius 1 is 1.37 bits per heavy atom. The molecular weight excluding hydrogens is 409 g/mol. The van der Waals surface area contributed by atoms with Crippen LogP contribution in [0.15, 0.2) is 48.6 Å². The average Bonchev–Trinajstić information content (AvgIpc) is 3.57. The molecule has 1 aliphatic rings. The number of halogens is 1. The first-order chi connectivity index (χ1) is 14.6. The van der Waals surface area contributed by atoms with Crippen LogP contribution in [0.2, 0.25) is 0 Å². The van der Waals surface area contributed by atoms with Crippen LogP contribution in [0, 0.1) is 5.92 Å². The molecule has 1 fully saturated rings. The van der Waals surface area contributed by atoms with Crippen molar-refractivity contribution in [2.75, 3.05) is 26.6 Å². The van der Waals surface area contributed by atoms with E-state index in [1.54, 1.807) is 37.6 Å². The molecule has 162 valence electrons. The molecular formula is C21H26FN3O4S. The van der Waals surface area contributed by atoms with Crippen molar-refractivity contribution in [3.8, 4) is 0 Å². The van der Waals surface area contributed by atoms with Crippen molar-refractivity contribution in [1.29, 1.82) is 0 Å². The number of anilines is 1. The number of nitrogens with zero attached hydrogens (tertiary/aromatic N) is 2. The number of methoxy groups -OCH3 is 2. The number of aliphatic hydroxyl groups is 1. The van der Waals surface area contributed by atoms with Crippen LogP contribution in [0.25, 0.3) is 16.6 Å². The van der Waals surface area contributed by atoms with Crippen LogP contribution in [0.4, 0.5) is 9.70 Å². The van der Waals surface area contributed by atoms with Crippen molar-refractivity contribution in [3.63, 3.8) is 0 Å². The Balaban J connectivity index is 0.00000155. The van der Waals surface area contributed by atoms with E-state index in [1.807, 2.05) is 6.92 Å². The molecule has 1 amide bonds. The molecule has 0 atom stereocenters. The predicted octanol–water partition coefficient (Wildman–Crippen LogP) is 4.47. The van der Waals surface area contributed by atoms with Crippen LogP contribution in [0.5, 0.6) is 0 Å². The summed E-state index contributed by atoms with van der Waals surface area (Å²) in [6, 6.07) is 3.51. The number of carbonyl (C=O) groups excluding carboxylic acids is 1. The Kier molecular flexibility index (Phi) is 8.49. The van der Waals surface area contributed by atoms with Gasteiger partial charge in [-0.05, 0) is 44.1 Å². The van der Waals surface area contributed by atoms with E-state index in [1.165, 1.54) is 11.1 Å². The summed E-state index contributed by atoms with van der Waals surface area (Å²) in [4.78, 5) is 16.5. The SMILES string of the molecule is C=C/C(OC)=C(\C(=C/C)OC)c1cn(SF)c2nc(NC(=O)C3CC3)ccc12.CO. The van der Waals surface area contributed by atoms with Gasteiger partial charge in [-0.2, -0.15) is 0 Å². The van der Waals surface area contributed by atoms with E-state index < -0.39 is 0 Å². The van der Waals surface area contributed by atoms with Gasteiger partial charge >= 0.3 is 0 Å². The molecule has 0 aromatic carbocycles. The van der Waals surface area contributed by atoms with Crippen molar-refractivity contribution >= 4 is 40.7 Å². The number of nitrogens with one attached hydrogen (secondary N) is 1. The Morgan fingerprint density at radius 3 is 2.57 bits per heavy atom. The highest BCUT2D eigenvalue weighted by molar-refractivity contribution is 7.92. The molecule has 0 spiro atoms. The standard InChI is InChI=1S/C20H22FN3O3S.CH4O/c1-5-15(26-3)18(16(6-2)27-4)14-11-24(28-21)19-13(14)9-10-17(22-19)23-20(25)12-7-8-12;1-2/h5-6,9-12H,1,7-8H2,2-4H3,(H,22,23,25);2H,1H3/b16-6+,18-15+;. The van der Waals surface area contributed by atoms with Gasteiger partial charge in [0.1, 0.15) is 17.3 Å². The molecule has 30 heavy (non-hydrogen) atoms. The quantitative estimate of drug-likeness (QED) is 0.470. The molecule has 7 nitrogen and oxygen atoms in total. The van der Waals surface area contributed by atoms with Gasteiger partial charge in [0, 0.05) is 30.2 Å². The number of fused-ring (bicyclic) bond motifs is 1. The highest BCUT2D eigenvalue weighted by Crippen LogP contribution is 2.37. The molecule has 0 unspecified atom stereocenters. The van der Waals surface area contributed by atoms with Crippen molar-refractivity contribution in [2.45, 2.75) is 19.8 Å². The summed E-state index contributed by atoms with van der Waals surface area (Å²) in [6.45, 7) is 5.63. The zero-order valence-corrected chi connectivity index (χ0v) is 18.3. The van der Waals surface area contributed by atoms with Gasteiger partial charge in [-0.3, -0.25) is 4.79 Å². The van der Waals surface area contributed by atoms with Gasteiger partial charge in [0.15, 0.2) is 18.0 Å². The second-order valence-corrected chi connectivity index (χ2v) is 6.80. The minimum absolute atomic E-state index is 0.0285. The first-order valence-electron chi connectivity index (χ1n) is 9.26. The van der Waals surface area contributed by atoms with E-state index in [9.17, 15) is 8.68 Å². The van der Waals surface area contributed by atoms with Gasteiger partial charge in [0.25, 0.3) is 0 Å². The summed E-state index contributed by atoms with van der Waals surface area (Å²) in [7, 11) is 4.09. The minimum atomic E-state index is -0.0532. The third-order valence-electron chi connectivity index (χ3n) is 4.54. The third-order valence-corrected chi connectivity index (χ3v) is 4.97. The van der Waals surface area contributed by atoms with Crippen molar-refractivity contribution < 1.29 is 23.3 Å². The normalized spacial score (nSPS) is 14.4. The van der Waals surface area contributed by atoms with Crippen LogP contribution in [0.3, 0.4) is 0 Å². The molecule has 0 bridgehead atoms.